The van der Waals surface area contributed by atoms with E-state index in [2.05, 4.69) is 38.7 Å². The van der Waals surface area contributed by atoms with Crippen LogP contribution in [0, 0.1) is 0 Å². The molecule has 0 saturated heterocycles. The maximum Gasteiger partial charge on any atom is 0.150 e. The first-order valence-electron chi connectivity index (χ1n) is 5.43. The van der Waals surface area contributed by atoms with Crippen LogP contribution in [0.5, 0.6) is 0 Å². The predicted molar refractivity (Wildman–Crippen MR) is 69.7 cm³/mol. The van der Waals surface area contributed by atoms with Gasteiger partial charge in [0.15, 0.2) is 5.76 Å². The van der Waals surface area contributed by atoms with E-state index in [-0.39, 0.29) is 5.54 Å². The Hall–Kier alpha value is -1.70. The third kappa shape index (κ3) is 1.96. The molecule has 0 aliphatic rings. The summed E-state index contributed by atoms with van der Waals surface area (Å²) in [6.45, 7) is 10.2. The minimum Gasteiger partial charge on any atom is -0.454 e. The van der Waals surface area contributed by atoms with Crippen LogP contribution < -0.4 is 5.32 Å². The Bertz CT molecular complexity index is 517. The van der Waals surface area contributed by atoms with Crippen molar-refractivity contribution in [3.8, 4) is 0 Å². The van der Waals surface area contributed by atoms with E-state index in [4.69, 9.17) is 4.42 Å². The van der Waals surface area contributed by atoms with E-state index in [1.807, 2.05) is 18.2 Å². The Morgan fingerprint density at radius 3 is 2.56 bits per heavy atom. The number of hydrogen-bond acceptors (Lipinski definition) is 2. The van der Waals surface area contributed by atoms with E-state index in [9.17, 15) is 0 Å². The maximum atomic E-state index is 5.71. The molecule has 0 spiro atoms. The van der Waals surface area contributed by atoms with Crippen molar-refractivity contribution in [2.45, 2.75) is 26.3 Å². The van der Waals surface area contributed by atoms with Crippen LogP contribution in [0.15, 0.2) is 35.3 Å². The van der Waals surface area contributed by atoms with Gasteiger partial charge in [-0.05, 0) is 39.0 Å². The summed E-state index contributed by atoms with van der Waals surface area (Å²) < 4.78 is 5.71. The Morgan fingerprint density at radius 2 is 1.94 bits per heavy atom. The fraction of sp³-hybridized carbons (Fsp3) is 0.286. The molecule has 2 rings (SSSR count). The van der Waals surface area contributed by atoms with E-state index in [1.54, 1.807) is 6.08 Å². The highest BCUT2D eigenvalue weighted by atomic mass is 16.3. The first kappa shape index (κ1) is 10.8. The van der Waals surface area contributed by atoms with Gasteiger partial charge in [-0.3, -0.25) is 0 Å². The summed E-state index contributed by atoms with van der Waals surface area (Å²) in [6, 6.07) is 8.01. The average molecular weight is 215 g/mol. The fourth-order valence-corrected chi connectivity index (χ4v) is 1.71. The van der Waals surface area contributed by atoms with E-state index in [0.717, 1.165) is 22.4 Å². The molecule has 0 fully saturated rings. The summed E-state index contributed by atoms with van der Waals surface area (Å²) in [5.41, 5.74) is 1.92. The topological polar surface area (TPSA) is 25.2 Å². The summed E-state index contributed by atoms with van der Waals surface area (Å²) in [6.07, 6.45) is 1.74. The van der Waals surface area contributed by atoms with Crippen molar-refractivity contribution in [3.63, 3.8) is 0 Å². The minimum absolute atomic E-state index is 0.00437. The summed E-state index contributed by atoms with van der Waals surface area (Å²) >= 11 is 0. The first-order valence-corrected chi connectivity index (χ1v) is 5.43. The zero-order valence-corrected chi connectivity index (χ0v) is 10.0. The second-order valence-corrected chi connectivity index (χ2v) is 4.92. The van der Waals surface area contributed by atoms with Gasteiger partial charge in [-0.25, -0.2) is 0 Å². The van der Waals surface area contributed by atoms with Gasteiger partial charge in [-0.1, -0.05) is 18.7 Å². The normalized spacial score (nSPS) is 11.7. The Morgan fingerprint density at radius 1 is 1.25 bits per heavy atom. The molecule has 1 heterocycles. The van der Waals surface area contributed by atoms with E-state index in [1.165, 1.54) is 0 Å². The van der Waals surface area contributed by atoms with Gasteiger partial charge in [-0.15, -0.1) is 0 Å². The zero-order valence-electron chi connectivity index (χ0n) is 10.0. The van der Waals surface area contributed by atoms with Gasteiger partial charge >= 0.3 is 0 Å². The number of benzene rings is 1. The molecule has 0 unspecified atom stereocenters. The third-order valence-corrected chi connectivity index (χ3v) is 2.31. The van der Waals surface area contributed by atoms with E-state index in [0.29, 0.717) is 0 Å². The molecule has 2 aromatic rings. The molecule has 0 aliphatic carbocycles. The lowest BCUT2D eigenvalue weighted by atomic mass is 10.1. The van der Waals surface area contributed by atoms with Gasteiger partial charge in [0.25, 0.3) is 0 Å². The summed E-state index contributed by atoms with van der Waals surface area (Å²) in [7, 11) is 0. The predicted octanol–water partition coefficient (Wildman–Crippen LogP) is 4.29. The van der Waals surface area contributed by atoms with Crippen molar-refractivity contribution in [2.75, 3.05) is 5.32 Å². The molecule has 0 amide bonds. The molecule has 0 radical (unpaired) electrons. The first-order chi connectivity index (χ1) is 7.51. The monoisotopic (exact) mass is 215 g/mol. The number of hydrogen-bond donors (Lipinski definition) is 1. The van der Waals surface area contributed by atoms with Gasteiger partial charge in [0, 0.05) is 10.9 Å². The smallest absolute Gasteiger partial charge is 0.150 e. The molecule has 16 heavy (non-hydrogen) atoms. The SMILES string of the molecule is C=Cc1oc2ccccc2c1NC(C)(C)C. The summed E-state index contributed by atoms with van der Waals surface area (Å²) in [5, 5.41) is 4.56. The molecule has 0 aliphatic heterocycles. The fourth-order valence-electron chi connectivity index (χ4n) is 1.71. The van der Waals surface area contributed by atoms with Gasteiger partial charge in [-0.2, -0.15) is 0 Å². The second kappa shape index (κ2) is 3.71. The maximum absolute atomic E-state index is 5.71. The summed E-state index contributed by atoms with van der Waals surface area (Å²) in [4.78, 5) is 0. The Kier molecular flexibility index (Phi) is 2.50. The van der Waals surface area contributed by atoms with Crippen molar-refractivity contribution in [1.82, 2.24) is 0 Å². The molecular weight excluding hydrogens is 198 g/mol. The van der Waals surface area contributed by atoms with Crippen LogP contribution in [0.3, 0.4) is 0 Å². The van der Waals surface area contributed by atoms with Crippen LogP contribution in [0.25, 0.3) is 17.0 Å². The minimum atomic E-state index is 0.00437. The molecule has 2 nitrogen and oxygen atoms in total. The lowest BCUT2D eigenvalue weighted by Crippen LogP contribution is -2.26. The average Bonchev–Trinajstić information content (AvgIpc) is 2.55. The van der Waals surface area contributed by atoms with Gasteiger partial charge in [0.2, 0.25) is 0 Å². The lowest BCUT2D eigenvalue weighted by Gasteiger charge is -2.21. The number of fused-ring (bicyclic) bond motifs is 1. The molecule has 1 aromatic heterocycles. The van der Waals surface area contributed by atoms with Crippen molar-refractivity contribution < 1.29 is 4.42 Å². The van der Waals surface area contributed by atoms with Crippen molar-refractivity contribution in [3.05, 3.63) is 36.6 Å². The van der Waals surface area contributed by atoms with Gasteiger partial charge in [0.05, 0.1) is 5.69 Å². The van der Waals surface area contributed by atoms with Crippen LogP contribution in [0.1, 0.15) is 26.5 Å². The number of anilines is 1. The highest BCUT2D eigenvalue weighted by molar-refractivity contribution is 5.95. The van der Waals surface area contributed by atoms with Crippen molar-refractivity contribution in [1.29, 1.82) is 0 Å². The van der Waals surface area contributed by atoms with Gasteiger partial charge in [0.1, 0.15) is 5.58 Å². The van der Waals surface area contributed by atoms with Crippen LogP contribution >= 0.6 is 0 Å². The highest BCUT2D eigenvalue weighted by Crippen LogP contribution is 2.33. The largest absolute Gasteiger partial charge is 0.454 e. The van der Waals surface area contributed by atoms with Crippen molar-refractivity contribution in [2.24, 2.45) is 0 Å². The molecule has 2 heteroatoms. The number of nitrogens with one attached hydrogen (secondary N) is 1. The third-order valence-electron chi connectivity index (χ3n) is 2.31. The number of para-hydroxylation sites is 1. The molecule has 84 valence electrons. The van der Waals surface area contributed by atoms with E-state index < -0.39 is 0 Å². The van der Waals surface area contributed by atoms with Gasteiger partial charge < -0.3 is 9.73 Å². The molecule has 1 aromatic carbocycles. The molecular formula is C14H17NO. The number of rotatable bonds is 2. The standard InChI is InChI=1S/C14H17NO/c1-5-11-13(15-14(2,3)4)10-8-6-7-9-12(10)16-11/h5-9,15H,1H2,2-4H3. The Labute approximate surface area is 96.0 Å². The second-order valence-electron chi connectivity index (χ2n) is 4.92. The van der Waals surface area contributed by atoms with Crippen LogP contribution in [0.2, 0.25) is 0 Å². The van der Waals surface area contributed by atoms with Crippen LogP contribution in [0.4, 0.5) is 5.69 Å². The van der Waals surface area contributed by atoms with Crippen LogP contribution in [-0.4, -0.2) is 5.54 Å². The molecule has 0 bridgehead atoms. The summed E-state index contributed by atoms with van der Waals surface area (Å²) in [5.74, 6) is 0.802. The van der Waals surface area contributed by atoms with Crippen LogP contribution in [-0.2, 0) is 0 Å². The number of furan rings is 1. The molecule has 0 saturated carbocycles. The zero-order chi connectivity index (χ0) is 11.8. The Balaban J connectivity index is 2.60. The molecule has 1 N–H and O–H groups in total. The quantitative estimate of drug-likeness (QED) is 0.808. The lowest BCUT2D eigenvalue weighted by molar-refractivity contribution is 0.595. The van der Waals surface area contributed by atoms with Crippen molar-refractivity contribution >= 4 is 22.7 Å². The van der Waals surface area contributed by atoms with E-state index >= 15 is 0 Å². The highest BCUT2D eigenvalue weighted by Gasteiger charge is 2.17. The molecule has 0 atom stereocenters.